The summed E-state index contributed by atoms with van der Waals surface area (Å²) in [6, 6.07) is 5.60. The second-order valence-corrected chi connectivity index (χ2v) is 5.15. The standard InChI is InChI=1S/C15H15NO4/c1-8(2)14-12(15(17)18)13(16-20-14)10-3-4-11-9(7-10)5-6-19-11/h3-4,7-8H,5-6H2,1-2H3,(H,17,18). The predicted octanol–water partition coefficient (Wildman–Crippen LogP) is 3.10. The van der Waals surface area contributed by atoms with E-state index in [0.29, 0.717) is 18.1 Å². The average molecular weight is 273 g/mol. The largest absolute Gasteiger partial charge is 0.493 e. The van der Waals surface area contributed by atoms with Crippen LogP contribution in [0.25, 0.3) is 11.3 Å². The molecule has 0 aliphatic carbocycles. The fraction of sp³-hybridized carbons (Fsp3) is 0.333. The van der Waals surface area contributed by atoms with Gasteiger partial charge in [0.15, 0.2) is 5.76 Å². The molecule has 0 saturated heterocycles. The van der Waals surface area contributed by atoms with Gasteiger partial charge < -0.3 is 14.4 Å². The van der Waals surface area contributed by atoms with Crippen molar-refractivity contribution < 1.29 is 19.2 Å². The Labute approximate surface area is 116 Å². The van der Waals surface area contributed by atoms with Crippen molar-refractivity contribution in [3.63, 3.8) is 0 Å². The Morgan fingerprint density at radius 2 is 2.20 bits per heavy atom. The minimum atomic E-state index is -1.01. The highest BCUT2D eigenvalue weighted by Gasteiger charge is 2.26. The van der Waals surface area contributed by atoms with Gasteiger partial charge in [0.2, 0.25) is 0 Å². The lowest BCUT2D eigenvalue weighted by Crippen LogP contribution is -2.02. The van der Waals surface area contributed by atoms with Gasteiger partial charge >= 0.3 is 5.97 Å². The molecular formula is C15H15NO4. The maximum atomic E-state index is 11.5. The fourth-order valence-corrected chi connectivity index (χ4v) is 2.43. The van der Waals surface area contributed by atoms with Crippen molar-refractivity contribution in [1.29, 1.82) is 0 Å². The molecule has 1 aliphatic heterocycles. The molecule has 0 fully saturated rings. The predicted molar refractivity (Wildman–Crippen MR) is 72.2 cm³/mol. The van der Waals surface area contributed by atoms with Crippen LogP contribution in [0.15, 0.2) is 22.7 Å². The van der Waals surface area contributed by atoms with Crippen molar-refractivity contribution in [2.45, 2.75) is 26.2 Å². The zero-order valence-corrected chi connectivity index (χ0v) is 11.3. The number of ether oxygens (including phenoxy) is 1. The minimum Gasteiger partial charge on any atom is -0.493 e. The molecule has 0 amide bonds. The number of carboxylic acids is 1. The van der Waals surface area contributed by atoms with Crippen LogP contribution in [0.2, 0.25) is 0 Å². The number of benzene rings is 1. The summed E-state index contributed by atoms with van der Waals surface area (Å²) >= 11 is 0. The normalized spacial score (nSPS) is 13.3. The van der Waals surface area contributed by atoms with Crippen LogP contribution in [0.3, 0.4) is 0 Å². The molecule has 0 spiro atoms. The molecule has 5 heteroatoms. The molecule has 2 aromatic rings. The lowest BCUT2D eigenvalue weighted by atomic mass is 9.99. The lowest BCUT2D eigenvalue weighted by Gasteiger charge is -2.03. The molecular weight excluding hydrogens is 258 g/mol. The number of hydrogen-bond acceptors (Lipinski definition) is 4. The molecule has 20 heavy (non-hydrogen) atoms. The van der Waals surface area contributed by atoms with E-state index in [0.717, 1.165) is 23.3 Å². The van der Waals surface area contributed by atoms with Crippen molar-refractivity contribution in [3.8, 4) is 17.0 Å². The van der Waals surface area contributed by atoms with Crippen molar-refractivity contribution in [2.75, 3.05) is 6.61 Å². The average Bonchev–Trinajstić information content (AvgIpc) is 3.04. The van der Waals surface area contributed by atoms with Gasteiger partial charge in [0.25, 0.3) is 0 Å². The van der Waals surface area contributed by atoms with Gasteiger partial charge in [0.1, 0.15) is 17.0 Å². The summed E-state index contributed by atoms with van der Waals surface area (Å²) in [6.07, 6.45) is 0.834. The van der Waals surface area contributed by atoms with Crippen LogP contribution in [0, 0.1) is 0 Å². The molecule has 1 aromatic heterocycles. The van der Waals surface area contributed by atoms with E-state index in [-0.39, 0.29) is 11.5 Å². The third kappa shape index (κ3) is 1.95. The van der Waals surface area contributed by atoms with Crippen LogP contribution in [0.4, 0.5) is 0 Å². The number of carbonyl (C=O) groups is 1. The Hall–Kier alpha value is -2.30. The zero-order valence-electron chi connectivity index (χ0n) is 11.3. The first-order valence-electron chi connectivity index (χ1n) is 6.57. The molecule has 5 nitrogen and oxygen atoms in total. The van der Waals surface area contributed by atoms with E-state index in [2.05, 4.69) is 5.16 Å². The Morgan fingerprint density at radius 3 is 2.90 bits per heavy atom. The molecule has 0 bridgehead atoms. The molecule has 0 atom stereocenters. The van der Waals surface area contributed by atoms with Crippen molar-refractivity contribution in [3.05, 3.63) is 35.1 Å². The quantitative estimate of drug-likeness (QED) is 0.930. The first-order chi connectivity index (χ1) is 9.58. The zero-order chi connectivity index (χ0) is 14.3. The van der Waals surface area contributed by atoms with Gasteiger partial charge in [-0.3, -0.25) is 0 Å². The van der Waals surface area contributed by atoms with E-state index in [4.69, 9.17) is 9.26 Å². The molecule has 0 saturated carbocycles. The summed E-state index contributed by atoms with van der Waals surface area (Å²) in [6.45, 7) is 4.43. The van der Waals surface area contributed by atoms with E-state index >= 15 is 0 Å². The Kier molecular flexibility index (Phi) is 2.97. The van der Waals surface area contributed by atoms with E-state index in [1.807, 2.05) is 32.0 Å². The Balaban J connectivity index is 2.13. The van der Waals surface area contributed by atoms with Gasteiger partial charge in [-0.25, -0.2) is 4.79 Å². The minimum absolute atomic E-state index is 0.0277. The highest BCUT2D eigenvalue weighted by atomic mass is 16.5. The summed E-state index contributed by atoms with van der Waals surface area (Å²) in [5.41, 5.74) is 2.37. The van der Waals surface area contributed by atoms with Gasteiger partial charge in [0, 0.05) is 17.9 Å². The van der Waals surface area contributed by atoms with Crippen LogP contribution in [0.5, 0.6) is 5.75 Å². The Bertz CT molecular complexity index is 673. The van der Waals surface area contributed by atoms with Crippen molar-refractivity contribution in [2.24, 2.45) is 0 Å². The van der Waals surface area contributed by atoms with Crippen LogP contribution in [-0.2, 0) is 6.42 Å². The molecule has 2 heterocycles. The fourth-order valence-electron chi connectivity index (χ4n) is 2.43. The van der Waals surface area contributed by atoms with Gasteiger partial charge in [-0.2, -0.15) is 0 Å². The van der Waals surface area contributed by atoms with Crippen LogP contribution >= 0.6 is 0 Å². The number of nitrogens with zero attached hydrogens (tertiary/aromatic N) is 1. The maximum Gasteiger partial charge on any atom is 0.341 e. The van der Waals surface area contributed by atoms with Gasteiger partial charge in [0.05, 0.1) is 6.61 Å². The summed E-state index contributed by atoms with van der Waals surface area (Å²) in [5, 5.41) is 13.4. The van der Waals surface area contributed by atoms with Gasteiger partial charge in [-0.05, 0) is 23.8 Å². The second kappa shape index (κ2) is 4.67. The number of aromatic nitrogens is 1. The summed E-state index contributed by atoms with van der Waals surface area (Å²) in [4.78, 5) is 11.5. The number of hydrogen-bond donors (Lipinski definition) is 1. The molecule has 1 aromatic carbocycles. The lowest BCUT2D eigenvalue weighted by molar-refractivity contribution is 0.0694. The molecule has 0 unspecified atom stereocenters. The summed E-state index contributed by atoms with van der Waals surface area (Å²) in [7, 11) is 0. The highest BCUT2D eigenvalue weighted by Crippen LogP contribution is 2.34. The van der Waals surface area contributed by atoms with Crippen LogP contribution in [-0.4, -0.2) is 22.8 Å². The monoisotopic (exact) mass is 273 g/mol. The highest BCUT2D eigenvalue weighted by molar-refractivity contribution is 5.96. The number of rotatable bonds is 3. The third-order valence-corrected chi connectivity index (χ3v) is 3.42. The molecule has 3 rings (SSSR count). The number of carboxylic acid groups (broad SMARTS) is 1. The molecule has 1 aliphatic rings. The van der Waals surface area contributed by atoms with Crippen LogP contribution < -0.4 is 4.74 Å². The first-order valence-corrected chi connectivity index (χ1v) is 6.57. The van der Waals surface area contributed by atoms with Crippen molar-refractivity contribution in [1.82, 2.24) is 5.16 Å². The first kappa shape index (κ1) is 12.7. The van der Waals surface area contributed by atoms with Gasteiger partial charge in [-0.1, -0.05) is 19.0 Å². The van der Waals surface area contributed by atoms with Crippen LogP contribution in [0.1, 0.15) is 41.4 Å². The molecule has 0 radical (unpaired) electrons. The van der Waals surface area contributed by atoms with E-state index in [1.165, 1.54) is 0 Å². The number of aromatic carboxylic acids is 1. The SMILES string of the molecule is CC(C)c1onc(-c2ccc3c(c2)CCO3)c1C(=O)O. The maximum absolute atomic E-state index is 11.5. The third-order valence-electron chi connectivity index (χ3n) is 3.42. The smallest absolute Gasteiger partial charge is 0.341 e. The van der Waals surface area contributed by atoms with Crippen molar-refractivity contribution >= 4 is 5.97 Å². The van der Waals surface area contributed by atoms with E-state index in [9.17, 15) is 9.90 Å². The molecule has 1 N–H and O–H groups in total. The summed E-state index contributed by atoms with van der Waals surface area (Å²) in [5.74, 6) is 0.226. The number of fused-ring (bicyclic) bond motifs is 1. The van der Waals surface area contributed by atoms with E-state index < -0.39 is 5.97 Å². The second-order valence-electron chi connectivity index (χ2n) is 5.15. The summed E-state index contributed by atoms with van der Waals surface area (Å²) < 4.78 is 10.7. The Morgan fingerprint density at radius 1 is 1.40 bits per heavy atom. The molecule has 104 valence electrons. The van der Waals surface area contributed by atoms with Gasteiger partial charge in [-0.15, -0.1) is 0 Å². The topological polar surface area (TPSA) is 72.6 Å². The van der Waals surface area contributed by atoms with E-state index in [1.54, 1.807) is 0 Å².